The Morgan fingerprint density at radius 1 is 1.64 bits per heavy atom. The summed E-state index contributed by atoms with van der Waals surface area (Å²) in [6.07, 6.45) is 0. The van der Waals surface area contributed by atoms with E-state index in [2.05, 4.69) is 10.1 Å². The normalized spacial score (nSPS) is 11.6. The molecule has 0 saturated carbocycles. The number of hydrogen-bond acceptors (Lipinski definition) is 3. The van der Waals surface area contributed by atoms with Gasteiger partial charge in [0.2, 0.25) is 0 Å². The van der Waals surface area contributed by atoms with Crippen molar-refractivity contribution in [3.8, 4) is 0 Å². The Bertz CT molecular complexity index is 283. The highest BCUT2D eigenvalue weighted by atomic mass is 35.5. The molecule has 3 nitrogen and oxygen atoms in total. The van der Waals surface area contributed by atoms with Gasteiger partial charge < -0.3 is 5.84 Å². The average Bonchev–Trinajstić information content (AvgIpc) is 2.03. The van der Waals surface area contributed by atoms with Crippen molar-refractivity contribution in [2.45, 2.75) is 6.92 Å². The van der Waals surface area contributed by atoms with Gasteiger partial charge in [-0.2, -0.15) is 5.10 Å². The third kappa shape index (κ3) is 1.91. The van der Waals surface area contributed by atoms with E-state index in [9.17, 15) is 0 Å². The molecule has 1 heterocycles. The Morgan fingerprint density at radius 3 is 2.91 bits per heavy atom. The summed E-state index contributed by atoms with van der Waals surface area (Å²) >= 11 is 5.64. The topological polar surface area (TPSA) is 51.3 Å². The molecule has 0 radical (unpaired) electrons. The van der Waals surface area contributed by atoms with Crippen LogP contribution >= 0.6 is 11.6 Å². The van der Waals surface area contributed by atoms with E-state index in [1.54, 1.807) is 25.1 Å². The third-order valence-electron chi connectivity index (χ3n) is 1.28. The van der Waals surface area contributed by atoms with Gasteiger partial charge in [-0.25, -0.2) is 4.98 Å². The summed E-state index contributed by atoms with van der Waals surface area (Å²) < 4.78 is 0. The number of halogens is 1. The minimum absolute atomic E-state index is 0.450. The SMILES string of the molecule is CC(=NN)c1cccc(Cl)n1. The van der Waals surface area contributed by atoms with Gasteiger partial charge in [0, 0.05) is 0 Å². The molecular weight excluding hydrogens is 162 g/mol. The van der Waals surface area contributed by atoms with Crippen molar-refractivity contribution in [1.29, 1.82) is 0 Å². The van der Waals surface area contributed by atoms with E-state index in [0.29, 0.717) is 16.6 Å². The van der Waals surface area contributed by atoms with Gasteiger partial charge in [0.05, 0.1) is 11.4 Å². The number of nitrogens with zero attached hydrogens (tertiary/aromatic N) is 2. The van der Waals surface area contributed by atoms with Crippen molar-refractivity contribution < 1.29 is 0 Å². The second kappa shape index (κ2) is 3.34. The van der Waals surface area contributed by atoms with Crippen molar-refractivity contribution in [3.63, 3.8) is 0 Å². The lowest BCUT2D eigenvalue weighted by molar-refractivity contribution is 1.20. The zero-order valence-electron chi connectivity index (χ0n) is 6.08. The van der Waals surface area contributed by atoms with Gasteiger partial charge in [-0.3, -0.25) is 0 Å². The van der Waals surface area contributed by atoms with Crippen LogP contribution in [-0.2, 0) is 0 Å². The molecule has 11 heavy (non-hydrogen) atoms. The minimum atomic E-state index is 0.450. The Morgan fingerprint density at radius 2 is 2.36 bits per heavy atom. The predicted molar refractivity (Wildman–Crippen MR) is 45.6 cm³/mol. The van der Waals surface area contributed by atoms with Crippen LogP contribution in [0, 0.1) is 0 Å². The summed E-state index contributed by atoms with van der Waals surface area (Å²) in [5.74, 6) is 5.06. The maximum Gasteiger partial charge on any atom is 0.129 e. The summed E-state index contributed by atoms with van der Waals surface area (Å²) in [5.41, 5.74) is 1.38. The van der Waals surface area contributed by atoms with Crippen LogP contribution in [0.3, 0.4) is 0 Å². The monoisotopic (exact) mass is 169 g/mol. The Kier molecular flexibility index (Phi) is 2.44. The lowest BCUT2D eigenvalue weighted by Crippen LogP contribution is -2.01. The van der Waals surface area contributed by atoms with Crippen molar-refractivity contribution in [2.24, 2.45) is 10.9 Å². The van der Waals surface area contributed by atoms with E-state index in [-0.39, 0.29) is 0 Å². The largest absolute Gasteiger partial charge is 0.323 e. The zero-order chi connectivity index (χ0) is 8.27. The van der Waals surface area contributed by atoms with Gasteiger partial charge >= 0.3 is 0 Å². The summed E-state index contributed by atoms with van der Waals surface area (Å²) in [6.45, 7) is 1.78. The van der Waals surface area contributed by atoms with Crippen LogP contribution in [0.1, 0.15) is 12.6 Å². The van der Waals surface area contributed by atoms with Gasteiger partial charge in [-0.1, -0.05) is 17.7 Å². The highest BCUT2D eigenvalue weighted by Gasteiger charge is 1.97. The van der Waals surface area contributed by atoms with Crippen molar-refractivity contribution in [1.82, 2.24) is 4.98 Å². The quantitative estimate of drug-likeness (QED) is 0.299. The molecule has 0 aliphatic carbocycles. The third-order valence-corrected chi connectivity index (χ3v) is 1.49. The molecule has 0 fully saturated rings. The molecule has 58 valence electrons. The molecule has 2 N–H and O–H groups in total. The Hall–Kier alpha value is -1.09. The lowest BCUT2D eigenvalue weighted by Gasteiger charge is -1.96. The van der Waals surface area contributed by atoms with Crippen molar-refractivity contribution in [2.75, 3.05) is 0 Å². The molecule has 0 spiro atoms. The fourth-order valence-corrected chi connectivity index (χ4v) is 0.840. The molecule has 4 heteroatoms. The highest BCUT2D eigenvalue weighted by Crippen LogP contribution is 2.05. The summed E-state index contributed by atoms with van der Waals surface area (Å²) in [5, 5.41) is 3.94. The number of pyridine rings is 1. The van der Waals surface area contributed by atoms with Crippen LogP contribution in [0.25, 0.3) is 0 Å². The van der Waals surface area contributed by atoms with Crippen LogP contribution in [0.5, 0.6) is 0 Å². The van der Waals surface area contributed by atoms with Crippen LogP contribution in [-0.4, -0.2) is 10.7 Å². The number of nitrogens with two attached hydrogens (primary N) is 1. The molecule has 0 aromatic carbocycles. The standard InChI is InChI=1S/C7H8ClN3/c1-5(11-9)6-3-2-4-7(8)10-6/h2-4H,9H2,1H3. The van der Waals surface area contributed by atoms with Crippen LogP contribution in [0.15, 0.2) is 23.3 Å². The molecule has 0 aliphatic rings. The number of hydrogen-bond donors (Lipinski definition) is 1. The first-order valence-corrected chi connectivity index (χ1v) is 3.49. The summed E-state index contributed by atoms with van der Waals surface area (Å²) in [7, 11) is 0. The van der Waals surface area contributed by atoms with E-state index < -0.39 is 0 Å². The van der Waals surface area contributed by atoms with Crippen molar-refractivity contribution >= 4 is 17.3 Å². The fraction of sp³-hybridized carbons (Fsp3) is 0.143. The summed E-state index contributed by atoms with van der Waals surface area (Å²) in [6, 6.07) is 5.31. The van der Waals surface area contributed by atoms with E-state index >= 15 is 0 Å². The first-order valence-electron chi connectivity index (χ1n) is 3.11. The molecule has 0 unspecified atom stereocenters. The minimum Gasteiger partial charge on any atom is -0.323 e. The number of rotatable bonds is 1. The Labute approximate surface area is 69.9 Å². The highest BCUT2D eigenvalue weighted by molar-refractivity contribution is 6.29. The lowest BCUT2D eigenvalue weighted by atomic mass is 10.3. The van der Waals surface area contributed by atoms with Gasteiger partial charge in [0.25, 0.3) is 0 Å². The van der Waals surface area contributed by atoms with Gasteiger partial charge in [-0.05, 0) is 19.1 Å². The van der Waals surface area contributed by atoms with Crippen LogP contribution < -0.4 is 5.84 Å². The molecule has 1 rings (SSSR count). The molecule has 0 bridgehead atoms. The first-order chi connectivity index (χ1) is 5.24. The predicted octanol–water partition coefficient (Wildman–Crippen LogP) is 1.42. The molecule has 0 aliphatic heterocycles. The molecule has 1 aromatic rings. The maximum atomic E-state index is 5.64. The van der Waals surface area contributed by atoms with Gasteiger partial charge in [0.1, 0.15) is 5.15 Å². The number of aromatic nitrogens is 1. The molecule has 0 saturated heterocycles. The second-order valence-corrected chi connectivity index (χ2v) is 2.45. The van der Waals surface area contributed by atoms with Crippen molar-refractivity contribution in [3.05, 3.63) is 29.0 Å². The number of hydrazone groups is 1. The fourth-order valence-electron chi connectivity index (χ4n) is 0.676. The van der Waals surface area contributed by atoms with E-state index in [0.717, 1.165) is 0 Å². The second-order valence-electron chi connectivity index (χ2n) is 2.06. The smallest absolute Gasteiger partial charge is 0.129 e. The first kappa shape index (κ1) is 8.01. The van der Waals surface area contributed by atoms with E-state index in [1.807, 2.05) is 0 Å². The van der Waals surface area contributed by atoms with Gasteiger partial charge in [-0.15, -0.1) is 0 Å². The molecular formula is C7H8ClN3. The van der Waals surface area contributed by atoms with E-state index in [1.165, 1.54) is 0 Å². The Balaban J connectivity index is 3.06. The average molecular weight is 170 g/mol. The maximum absolute atomic E-state index is 5.64. The van der Waals surface area contributed by atoms with Gasteiger partial charge in [0.15, 0.2) is 0 Å². The molecule has 0 atom stereocenters. The molecule has 0 amide bonds. The van der Waals surface area contributed by atoms with E-state index in [4.69, 9.17) is 17.4 Å². The molecule has 1 aromatic heterocycles. The van der Waals surface area contributed by atoms with Crippen LogP contribution in [0.4, 0.5) is 0 Å². The van der Waals surface area contributed by atoms with Crippen LogP contribution in [0.2, 0.25) is 5.15 Å². The zero-order valence-corrected chi connectivity index (χ0v) is 6.84. The summed E-state index contributed by atoms with van der Waals surface area (Å²) in [4.78, 5) is 4.00.